The van der Waals surface area contributed by atoms with Crippen molar-refractivity contribution < 1.29 is 9.90 Å². The van der Waals surface area contributed by atoms with Crippen LogP contribution in [-0.2, 0) is 6.54 Å². The van der Waals surface area contributed by atoms with E-state index < -0.39 is 0 Å². The summed E-state index contributed by atoms with van der Waals surface area (Å²) in [5.74, 6) is 0.383. The Morgan fingerprint density at radius 1 is 1.08 bits per heavy atom. The smallest absolute Gasteiger partial charge is 0.169 e. The molecule has 3 rings (SSSR count). The number of aromatic nitrogens is 1. The molecule has 0 saturated heterocycles. The van der Waals surface area contributed by atoms with Crippen molar-refractivity contribution >= 4 is 16.7 Å². The van der Waals surface area contributed by atoms with Crippen molar-refractivity contribution in [2.24, 2.45) is 16.7 Å². The van der Waals surface area contributed by atoms with Crippen LogP contribution in [0.2, 0.25) is 0 Å². The van der Waals surface area contributed by atoms with Crippen LogP contribution in [0.15, 0.2) is 30.5 Å². The van der Waals surface area contributed by atoms with Crippen molar-refractivity contribution in [2.75, 3.05) is 6.61 Å². The number of unbranched alkanes of at least 4 members (excludes halogenated alkanes) is 2. The summed E-state index contributed by atoms with van der Waals surface area (Å²) in [6.45, 7) is 9.94. The molecule has 0 atom stereocenters. The van der Waals surface area contributed by atoms with Crippen molar-refractivity contribution in [1.82, 2.24) is 4.57 Å². The maximum Gasteiger partial charge on any atom is 0.169 e. The Labute approximate surface area is 144 Å². The highest BCUT2D eigenvalue weighted by atomic mass is 16.2. The maximum atomic E-state index is 13.2. The molecule has 3 heteroatoms. The van der Waals surface area contributed by atoms with Crippen LogP contribution in [0.4, 0.5) is 0 Å². The monoisotopic (exact) mass is 327 g/mol. The van der Waals surface area contributed by atoms with Gasteiger partial charge in [-0.3, -0.25) is 4.79 Å². The van der Waals surface area contributed by atoms with Crippen molar-refractivity contribution in [1.29, 1.82) is 0 Å². The number of fused-ring (bicyclic) bond motifs is 1. The Bertz CT molecular complexity index is 740. The third-order valence-corrected chi connectivity index (χ3v) is 6.39. The van der Waals surface area contributed by atoms with E-state index in [0.29, 0.717) is 0 Å². The van der Waals surface area contributed by atoms with Crippen molar-refractivity contribution in [3.8, 4) is 0 Å². The number of hydrogen-bond donors (Lipinski definition) is 1. The number of aliphatic hydroxyl groups is 1. The second-order valence-corrected chi connectivity index (χ2v) is 8.28. The van der Waals surface area contributed by atoms with E-state index in [1.165, 1.54) is 0 Å². The normalized spacial score (nSPS) is 18.9. The molecular formula is C21H29NO2. The first-order valence-corrected chi connectivity index (χ1v) is 9.05. The second-order valence-electron chi connectivity index (χ2n) is 8.28. The molecule has 1 heterocycles. The van der Waals surface area contributed by atoms with Gasteiger partial charge in [0.15, 0.2) is 5.78 Å². The van der Waals surface area contributed by atoms with Gasteiger partial charge < -0.3 is 9.67 Å². The van der Waals surface area contributed by atoms with Crippen LogP contribution in [0.3, 0.4) is 0 Å². The highest BCUT2D eigenvalue weighted by Crippen LogP contribution is 2.69. The summed E-state index contributed by atoms with van der Waals surface area (Å²) in [6, 6.07) is 8.21. The summed E-state index contributed by atoms with van der Waals surface area (Å²) < 4.78 is 2.21. The summed E-state index contributed by atoms with van der Waals surface area (Å²) >= 11 is 0. The molecule has 1 aromatic carbocycles. The van der Waals surface area contributed by atoms with Crippen molar-refractivity contribution in [2.45, 2.75) is 53.5 Å². The molecule has 130 valence electrons. The van der Waals surface area contributed by atoms with Gasteiger partial charge >= 0.3 is 0 Å². The number of benzene rings is 1. The van der Waals surface area contributed by atoms with Gasteiger partial charge in [0.2, 0.25) is 0 Å². The lowest BCUT2D eigenvalue weighted by Crippen LogP contribution is -2.07. The molecule has 0 spiro atoms. The number of nitrogens with zero attached hydrogens (tertiary/aromatic N) is 1. The molecule has 1 N–H and O–H groups in total. The molecular weight excluding hydrogens is 298 g/mol. The molecule has 0 unspecified atom stereocenters. The fraction of sp³-hybridized carbons (Fsp3) is 0.571. The number of carbonyl (C=O) groups is 1. The minimum absolute atomic E-state index is 0.0639. The average molecular weight is 327 g/mol. The lowest BCUT2D eigenvalue weighted by Gasteiger charge is -2.04. The highest BCUT2D eigenvalue weighted by Gasteiger charge is 2.68. The largest absolute Gasteiger partial charge is 0.396 e. The fourth-order valence-electron chi connectivity index (χ4n) is 4.21. The van der Waals surface area contributed by atoms with Crippen LogP contribution < -0.4 is 0 Å². The number of para-hydroxylation sites is 1. The molecule has 1 aliphatic rings. The van der Waals surface area contributed by atoms with Gasteiger partial charge in [-0.05, 0) is 36.2 Å². The van der Waals surface area contributed by atoms with Gasteiger partial charge in [-0.25, -0.2) is 0 Å². The van der Waals surface area contributed by atoms with E-state index in [4.69, 9.17) is 5.11 Å². The van der Waals surface area contributed by atoms with Gasteiger partial charge in [-0.1, -0.05) is 45.9 Å². The Morgan fingerprint density at radius 2 is 1.75 bits per heavy atom. The third kappa shape index (κ3) is 2.59. The highest BCUT2D eigenvalue weighted by molar-refractivity contribution is 6.11. The molecule has 1 fully saturated rings. The summed E-state index contributed by atoms with van der Waals surface area (Å²) in [4.78, 5) is 13.2. The van der Waals surface area contributed by atoms with E-state index >= 15 is 0 Å². The zero-order chi connectivity index (χ0) is 17.5. The topological polar surface area (TPSA) is 42.2 Å². The molecule has 1 saturated carbocycles. The fourth-order valence-corrected chi connectivity index (χ4v) is 4.21. The molecule has 3 nitrogen and oxygen atoms in total. The number of Topliss-reactive ketones (excluding diaryl/α,β-unsaturated/α-hetero) is 1. The van der Waals surface area contributed by atoms with E-state index in [2.05, 4.69) is 50.6 Å². The maximum absolute atomic E-state index is 13.2. The number of ketones is 1. The van der Waals surface area contributed by atoms with Crippen molar-refractivity contribution in [3.05, 3.63) is 36.0 Å². The van der Waals surface area contributed by atoms with Crippen LogP contribution in [0.1, 0.15) is 57.3 Å². The number of rotatable bonds is 7. The first kappa shape index (κ1) is 17.2. The molecule has 0 bridgehead atoms. The number of aliphatic hydroxyl groups excluding tert-OH is 1. The summed E-state index contributed by atoms with van der Waals surface area (Å²) in [5, 5.41) is 10.00. The minimum Gasteiger partial charge on any atom is -0.396 e. The van der Waals surface area contributed by atoms with E-state index in [9.17, 15) is 4.79 Å². The molecule has 2 aromatic rings. The minimum atomic E-state index is 0.0639. The quantitative estimate of drug-likeness (QED) is 0.593. The zero-order valence-corrected chi connectivity index (χ0v) is 15.3. The molecule has 0 amide bonds. The Kier molecular flexibility index (Phi) is 4.33. The van der Waals surface area contributed by atoms with E-state index in [-0.39, 0.29) is 29.1 Å². The van der Waals surface area contributed by atoms with Crippen LogP contribution in [0.5, 0.6) is 0 Å². The van der Waals surface area contributed by atoms with Crippen LogP contribution in [0.25, 0.3) is 10.9 Å². The lowest BCUT2D eigenvalue weighted by molar-refractivity contribution is 0.0946. The first-order valence-electron chi connectivity index (χ1n) is 9.05. The van der Waals surface area contributed by atoms with Crippen LogP contribution >= 0.6 is 0 Å². The van der Waals surface area contributed by atoms with E-state index in [1.807, 2.05) is 12.1 Å². The standard InChI is InChI=1S/C21H29NO2/c1-20(2)19(21(20,3)4)18(24)16-14-22(12-8-5-9-13-23)17-11-7-6-10-15(16)17/h6-7,10-11,14,19,23H,5,8-9,12-13H2,1-4H3. The van der Waals surface area contributed by atoms with Gasteiger partial charge in [0.1, 0.15) is 0 Å². The SMILES string of the molecule is CC1(C)C(C(=O)c2cn(CCCCCO)c3ccccc23)C1(C)C. The Morgan fingerprint density at radius 3 is 2.38 bits per heavy atom. The Balaban J connectivity index is 1.90. The predicted octanol–water partition coefficient (Wildman–Crippen LogP) is 4.67. The molecule has 24 heavy (non-hydrogen) atoms. The molecule has 0 aliphatic heterocycles. The van der Waals surface area contributed by atoms with Gasteiger partial charge in [-0.2, -0.15) is 0 Å². The van der Waals surface area contributed by atoms with Gasteiger partial charge in [0, 0.05) is 41.7 Å². The summed E-state index contributed by atoms with van der Waals surface area (Å²) in [5.41, 5.74) is 2.14. The average Bonchev–Trinajstić information content (AvgIpc) is 2.83. The third-order valence-electron chi connectivity index (χ3n) is 6.39. The predicted molar refractivity (Wildman–Crippen MR) is 98.3 cm³/mol. The van der Waals surface area contributed by atoms with Crippen LogP contribution in [0, 0.1) is 16.7 Å². The van der Waals surface area contributed by atoms with Crippen LogP contribution in [-0.4, -0.2) is 22.1 Å². The molecule has 1 aliphatic carbocycles. The zero-order valence-electron chi connectivity index (χ0n) is 15.3. The first-order chi connectivity index (χ1) is 11.3. The number of carbonyl (C=O) groups excluding carboxylic acids is 1. The van der Waals surface area contributed by atoms with E-state index in [0.717, 1.165) is 42.3 Å². The summed E-state index contributed by atoms with van der Waals surface area (Å²) in [6.07, 6.45) is 4.92. The molecule has 0 radical (unpaired) electrons. The Hall–Kier alpha value is -1.61. The van der Waals surface area contributed by atoms with E-state index in [1.54, 1.807) is 0 Å². The lowest BCUT2D eigenvalue weighted by atomic mass is 10.0. The number of hydrogen-bond acceptors (Lipinski definition) is 2. The van der Waals surface area contributed by atoms with Gasteiger partial charge in [0.05, 0.1) is 0 Å². The van der Waals surface area contributed by atoms with Gasteiger partial charge in [0.25, 0.3) is 0 Å². The van der Waals surface area contributed by atoms with Crippen molar-refractivity contribution in [3.63, 3.8) is 0 Å². The summed E-state index contributed by atoms with van der Waals surface area (Å²) in [7, 11) is 0. The molecule has 1 aromatic heterocycles. The number of aryl methyl sites for hydroxylation is 1. The van der Waals surface area contributed by atoms with Gasteiger partial charge in [-0.15, -0.1) is 0 Å². The second kappa shape index (κ2) is 6.03.